The van der Waals surface area contributed by atoms with Gasteiger partial charge in [0, 0.05) is 25.6 Å². The molecule has 2 saturated heterocycles. The van der Waals surface area contributed by atoms with Crippen molar-refractivity contribution in [2.45, 2.75) is 12.5 Å². The number of para-hydroxylation sites is 2. The highest BCUT2D eigenvalue weighted by Gasteiger charge is 2.44. The Morgan fingerprint density at radius 1 is 1.03 bits per heavy atom. The van der Waals surface area contributed by atoms with Crippen molar-refractivity contribution < 1.29 is 9.18 Å². The van der Waals surface area contributed by atoms with Crippen molar-refractivity contribution >= 4 is 22.8 Å². The fraction of sp³-hybridized carbons (Fsp3) is 0.261. The molecule has 160 valence electrons. The summed E-state index contributed by atoms with van der Waals surface area (Å²) in [4.78, 5) is 28.1. The van der Waals surface area contributed by atoms with E-state index in [9.17, 15) is 9.18 Å². The molecule has 0 radical (unpaired) electrons. The first-order valence-corrected chi connectivity index (χ1v) is 10.6. The Hall–Kier alpha value is -3.88. The average molecular weight is 429 g/mol. The summed E-state index contributed by atoms with van der Waals surface area (Å²) in [5.74, 6) is 0.654. The summed E-state index contributed by atoms with van der Waals surface area (Å²) in [5.41, 5.74) is 2.44. The minimum absolute atomic E-state index is 0.169. The van der Waals surface area contributed by atoms with Gasteiger partial charge in [-0.05, 0) is 36.8 Å². The van der Waals surface area contributed by atoms with Gasteiger partial charge in [-0.25, -0.2) is 9.37 Å². The topological polar surface area (TPSA) is 80.0 Å². The van der Waals surface area contributed by atoms with Crippen molar-refractivity contribution in [3.8, 4) is 5.69 Å². The number of rotatable bonds is 3. The maximum absolute atomic E-state index is 14.0. The molecule has 0 N–H and O–H groups in total. The number of halogens is 1. The molecule has 4 aromatic rings. The molecule has 4 heterocycles. The van der Waals surface area contributed by atoms with Crippen LogP contribution in [0.5, 0.6) is 0 Å². The average Bonchev–Trinajstić information content (AvgIpc) is 3.34. The van der Waals surface area contributed by atoms with Crippen LogP contribution in [0.25, 0.3) is 16.7 Å². The highest BCUT2D eigenvalue weighted by Crippen LogP contribution is 2.36. The zero-order chi connectivity index (χ0) is 21.7. The first-order valence-electron chi connectivity index (χ1n) is 10.6. The van der Waals surface area contributed by atoms with E-state index in [2.05, 4.69) is 20.1 Å². The molecule has 9 heteroatoms. The normalized spacial score (nSPS) is 20.2. The predicted octanol–water partition coefficient (Wildman–Crippen LogP) is 2.70. The molecule has 2 fully saturated rings. The standard InChI is InChI=1S/C23H20FN7O/c24-16-5-6-20(31-26-8-9-27-31)17(11-16)23(32)29-10-7-15-13-30(21(15)14-29)22-12-25-18-3-1-2-4-19(18)28-22/h1-6,8-9,11-12,15,21H,7,10,13-14H2. The number of nitrogens with zero attached hydrogens (tertiary/aromatic N) is 7. The summed E-state index contributed by atoms with van der Waals surface area (Å²) in [5, 5.41) is 8.22. The van der Waals surface area contributed by atoms with Crippen LogP contribution in [0.2, 0.25) is 0 Å². The summed E-state index contributed by atoms with van der Waals surface area (Å²) < 4.78 is 14.0. The maximum atomic E-state index is 14.0. The fourth-order valence-electron chi connectivity index (χ4n) is 4.69. The first kappa shape index (κ1) is 18.9. The van der Waals surface area contributed by atoms with Crippen molar-refractivity contribution in [1.82, 2.24) is 29.9 Å². The molecule has 0 aliphatic carbocycles. The summed E-state index contributed by atoms with van der Waals surface area (Å²) >= 11 is 0. The number of piperidine rings is 1. The van der Waals surface area contributed by atoms with Gasteiger partial charge < -0.3 is 9.80 Å². The highest BCUT2D eigenvalue weighted by molar-refractivity contribution is 5.98. The van der Waals surface area contributed by atoms with E-state index in [-0.39, 0.29) is 17.5 Å². The van der Waals surface area contributed by atoms with Crippen molar-refractivity contribution in [1.29, 1.82) is 0 Å². The minimum Gasteiger partial charge on any atom is -0.350 e. The smallest absolute Gasteiger partial charge is 0.256 e. The van der Waals surface area contributed by atoms with Crippen LogP contribution in [0.4, 0.5) is 10.2 Å². The molecule has 2 aromatic heterocycles. The van der Waals surface area contributed by atoms with Gasteiger partial charge in [0.05, 0.1) is 46.9 Å². The zero-order valence-corrected chi connectivity index (χ0v) is 17.2. The van der Waals surface area contributed by atoms with E-state index in [1.807, 2.05) is 24.3 Å². The predicted molar refractivity (Wildman–Crippen MR) is 116 cm³/mol. The van der Waals surface area contributed by atoms with E-state index in [0.29, 0.717) is 24.7 Å². The van der Waals surface area contributed by atoms with Gasteiger partial charge >= 0.3 is 0 Å². The summed E-state index contributed by atoms with van der Waals surface area (Å²) in [6.07, 6.45) is 5.76. The van der Waals surface area contributed by atoms with Gasteiger partial charge in [0.15, 0.2) is 0 Å². The molecular formula is C23H20FN7O. The maximum Gasteiger partial charge on any atom is 0.256 e. The second-order valence-electron chi connectivity index (χ2n) is 8.22. The van der Waals surface area contributed by atoms with Gasteiger partial charge in [0.2, 0.25) is 0 Å². The number of fused-ring (bicyclic) bond motifs is 2. The van der Waals surface area contributed by atoms with Crippen LogP contribution >= 0.6 is 0 Å². The summed E-state index contributed by atoms with van der Waals surface area (Å²) in [7, 11) is 0. The molecule has 0 bridgehead atoms. The Morgan fingerprint density at radius 2 is 1.84 bits per heavy atom. The molecule has 2 unspecified atom stereocenters. The molecule has 0 saturated carbocycles. The number of hydrogen-bond donors (Lipinski definition) is 0. The SMILES string of the molecule is O=C(c1cc(F)ccc1-n1nccn1)N1CCC2CN(c3cnc4ccccc4n3)C2C1. The van der Waals surface area contributed by atoms with Crippen LogP contribution in [0.3, 0.4) is 0 Å². The fourth-order valence-corrected chi connectivity index (χ4v) is 4.69. The van der Waals surface area contributed by atoms with Gasteiger partial charge in [0.1, 0.15) is 11.6 Å². The lowest BCUT2D eigenvalue weighted by Crippen LogP contribution is -2.65. The highest BCUT2D eigenvalue weighted by atomic mass is 19.1. The van der Waals surface area contributed by atoms with E-state index in [0.717, 1.165) is 29.8 Å². The molecule has 2 aromatic carbocycles. The van der Waals surface area contributed by atoms with Gasteiger partial charge in [0.25, 0.3) is 5.91 Å². The van der Waals surface area contributed by atoms with Gasteiger partial charge in [-0.15, -0.1) is 0 Å². The number of aromatic nitrogens is 5. The second-order valence-corrected chi connectivity index (χ2v) is 8.22. The quantitative estimate of drug-likeness (QED) is 0.498. The van der Waals surface area contributed by atoms with Crippen molar-refractivity contribution in [2.24, 2.45) is 5.92 Å². The Kier molecular flexibility index (Phi) is 4.34. The van der Waals surface area contributed by atoms with E-state index in [4.69, 9.17) is 4.98 Å². The van der Waals surface area contributed by atoms with Gasteiger partial charge in [-0.1, -0.05) is 12.1 Å². The molecule has 1 amide bonds. The molecule has 8 nitrogen and oxygen atoms in total. The monoisotopic (exact) mass is 429 g/mol. The molecule has 2 atom stereocenters. The molecule has 2 aliphatic heterocycles. The molecule has 6 rings (SSSR count). The van der Waals surface area contributed by atoms with Crippen molar-refractivity contribution in [3.05, 3.63) is 72.4 Å². The molecule has 32 heavy (non-hydrogen) atoms. The summed E-state index contributed by atoms with van der Waals surface area (Å²) in [6, 6.07) is 12.1. The number of hydrogen-bond acceptors (Lipinski definition) is 6. The number of amides is 1. The van der Waals surface area contributed by atoms with Gasteiger partial charge in [-0.3, -0.25) is 9.78 Å². The van der Waals surface area contributed by atoms with Crippen molar-refractivity contribution in [3.63, 3.8) is 0 Å². The Balaban J connectivity index is 1.26. The lowest BCUT2D eigenvalue weighted by molar-refractivity contribution is 0.0590. The number of carbonyl (C=O) groups is 1. The van der Waals surface area contributed by atoms with E-state index in [1.165, 1.54) is 35.4 Å². The molecular weight excluding hydrogens is 409 g/mol. The Bertz CT molecular complexity index is 1310. The summed E-state index contributed by atoms with van der Waals surface area (Å²) in [6.45, 7) is 2.10. The second kappa shape index (κ2) is 7.37. The number of anilines is 1. The molecule has 2 aliphatic rings. The third-order valence-corrected chi connectivity index (χ3v) is 6.39. The third kappa shape index (κ3) is 3.08. The van der Waals surface area contributed by atoms with Crippen LogP contribution in [0.1, 0.15) is 16.8 Å². The Morgan fingerprint density at radius 3 is 2.69 bits per heavy atom. The van der Waals surface area contributed by atoms with E-state index in [1.54, 1.807) is 11.1 Å². The van der Waals surface area contributed by atoms with Crippen LogP contribution in [0, 0.1) is 11.7 Å². The van der Waals surface area contributed by atoms with E-state index >= 15 is 0 Å². The number of likely N-dealkylation sites (tertiary alicyclic amines) is 1. The number of carbonyl (C=O) groups excluding carboxylic acids is 1. The van der Waals surface area contributed by atoms with Gasteiger partial charge in [-0.2, -0.15) is 15.0 Å². The lowest BCUT2D eigenvalue weighted by Gasteiger charge is -2.53. The largest absolute Gasteiger partial charge is 0.350 e. The molecule has 0 spiro atoms. The van der Waals surface area contributed by atoms with Crippen molar-refractivity contribution in [2.75, 3.05) is 24.5 Å². The first-order chi connectivity index (χ1) is 15.7. The van der Waals surface area contributed by atoms with Crippen LogP contribution in [0.15, 0.2) is 61.1 Å². The Labute approximate surface area is 183 Å². The zero-order valence-electron chi connectivity index (χ0n) is 17.2. The van der Waals surface area contributed by atoms with Crippen LogP contribution in [-0.4, -0.2) is 61.4 Å². The number of benzene rings is 2. The third-order valence-electron chi connectivity index (χ3n) is 6.39. The van der Waals surface area contributed by atoms with E-state index < -0.39 is 5.82 Å². The van der Waals surface area contributed by atoms with Crippen LogP contribution < -0.4 is 4.90 Å². The lowest BCUT2D eigenvalue weighted by atomic mass is 9.82. The van der Waals surface area contributed by atoms with Crippen LogP contribution in [-0.2, 0) is 0 Å². The minimum atomic E-state index is -0.462.